The van der Waals surface area contributed by atoms with Crippen molar-refractivity contribution in [2.75, 3.05) is 0 Å². The maximum atomic E-state index is 12.0. The Morgan fingerprint density at radius 3 is 1.92 bits per heavy atom. The van der Waals surface area contributed by atoms with E-state index < -0.39 is 11.7 Å². The van der Waals surface area contributed by atoms with Crippen molar-refractivity contribution in [2.24, 2.45) is 0 Å². The van der Waals surface area contributed by atoms with Crippen molar-refractivity contribution in [3.63, 3.8) is 0 Å². The van der Waals surface area contributed by atoms with E-state index in [9.17, 15) is 13.2 Å². The van der Waals surface area contributed by atoms with E-state index in [0.29, 0.717) is 0 Å². The quantitative estimate of drug-likeness (QED) is 0.490. The summed E-state index contributed by atoms with van der Waals surface area (Å²) in [6.07, 6.45) is -4.25. The minimum atomic E-state index is -4.25. The number of hydrogen-bond acceptors (Lipinski definition) is 0. The molecule has 0 radical (unpaired) electrons. The average molecular weight is 247 g/mol. The van der Waals surface area contributed by atoms with E-state index in [0.717, 1.165) is 6.07 Å². The van der Waals surface area contributed by atoms with Crippen LogP contribution in [0.15, 0.2) is 24.3 Å². The monoisotopic (exact) mass is 248 g/mol. The molecule has 0 fully saturated rings. The smallest absolute Gasteiger partial charge is 1.00 e. The molecule has 0 amide bonds. The van der Waals surface area contributed by atoms with Crippen LogP contribution in [0.1, 0.15) is 5.56 Å². The molecule has 0 aliphatic carbocycles. The second-order valence-corrected chi connectivity index (χ2v) is 2.92. The van der Waals surface area contributed by atoms with Gasteiger partial charge in [0.05, 0.1) is 0 Å². The zero-order valence-corrected chi connectivity index (χ0v) is 10.1. The topological polar surface area (TPSA) is 0 Å². The zero-order chi connectivity index (χ0) is 8.48. The van der Waals surface area contributed by atoms with Crippen molar-refractivity contribution in [1.82, 2.24) is 0 Å². The third kappa shape index (κ3) is 3.11. The number of hydrogen-bond donors (Lipinski definition) is 0. The van der Waals surface area contributed by atoms with Crippen LogP contribution in [0.3, 0.4) is 0 Å². The van der Waals surface area contributed by atoms with Crippen molar-refractivity contribution < 1.29 is 42.7 Å². The normalized spacial score (nSPS) is 10.6. The summed E-state index contributed by atoms with van der Waals surface area (Å²) in [4.78, 5) is 0. The Labute approximate surface area is 98.6 Å². The summed E-state index contributed by atoms with van der Waals surface area (Å²) in [6.45, 7) is 0. The molecule has 0 atom stereocenters. The first kappa shape index (κ1) is 12.5. The van der Waals surface area contributed by atoms with E-state index in [1.807, 2.05) is 0 Å². The van der Waals surface area contributed by atoms with Crippen molar-refractivity contribution in [1.29, 1.82) is 0 Å². The van der Waals surface area contributed by atoms with Gasteiger partial charge in [-0.25, -0.2) is 0 Å². The van der Waals surface area contributed by atoms with Crippen LogP contribution in [0.5, 0.6) is 0 Å². The molecule has 0 aromatic heterocycles. The summed E-state index contributed by atoms with van der Waals surface area (Å²) in [7, 11) is 0. The minimum Gasteiger partial charge on any atom is 1.00 e. The molecule has 1 aromatic rings. The molecule has 0 unspecified atom stereocenters. The second kappa shape index (κ2) is 4.68. The maximum absolute atomic E-state index is 12.0. The molecule has 0 saturated carbocycles. The Morgan fingerprint density at radius 2 is 1.58 bits per heavy atom. The first-order valence-corrected chi connectivity index (χ1v) is 3.70. The molecule has 12 heavy (non-hydrogen) atoms. The summed E-state index contributed by atoms with van der Waals surface area (Å²) in [5, 5.41) is 0. The Morgan fingerprint density at radius 1 is 1.08 bits per heavy atom. The van der Waals surface area contributed by atoms with Crippen LogP contribution in [0, 0.1) is 0 Å². The predicted molar refractivity (Wildman–Crippen MR) is 36.8 cm³/mol. The predicted octanol–water partition coefficient (Wildman–Crippen LogP) is -1.50. The van der Waals surface area contributed by atoms with Gasteiger partial charge in [-0.3, -0.25) is 0 Å². The number of benzene rings is 1. The van der Waals surface area contributed by atoms with Crippen molar-refractivity contribution in [2.45, 2.75) is 6.18 Å². The van der Waals surface area contributed by atoms with Crippen LogP contribution >= 0.6 is 0 Å². The average Bonchev–Trinajstić information content (AvgIpc) is 1.86. The van der Waals surface area contributed by atoms with E-state index in [2.05, 4.69) is 16.0 Å². The van der Waals surface area contributed by atoms with Gasteiger partial charge in [-0.2, -0.15) is 0 Å². The largest absolute Gasteiger partial charge is 1.00 e. The van der Waals surface area contributed by atoms with Crippen LogP contribution in [0.25, 0.3) is 0 Å². The molecule has 0 saturated heterocycles. The number of halogens is 3. The summed E-state index contributed by atoms with van der Waals surface area (Å²) in [5.74, 6) is 0. The molecule has 0 aliphatic heterocycles. The van der Waals surface area contributed by atoms with Gasteiger partial charge in [0.1, 0.15) is 0 Å². The van der Waals surface area contributed by atoms with Crippen molar-refractivity contribution >= 4 is 20.5 Å². The standard InChI is InChI=1S/C7H5F3Se.Na/c8-7(9,10)5-3-1-2-4-6(5)11;/h1-4,11H;/q;+1/p-1. The minimum absolute atomic E-state index is 0. The SMILES string of the molecule is FC(F)(F)c1ccccc1[Se-].[Na+]. The first-order valence-electron chi connectivity index (χ1n) is 2.85. The van der Waals surface area contributed by atoms with E-state index in [1.165, 1.54) is 12.1 Å². The number of alkyl halides is 3. The fourth-order valence-electron chi connectivity index (χ4n) is 0.701. The molecule has 0 spiro atoms. The fraction of sp³-hybridized carbons (Fsp3) is 0.143. The maximum Gasteiger partial charge on any atom is 1.00 e. The first-order chi connectivity index (χ1) is 5.02. The summed E-state index contributed by atoms with van der Waals surface area (Å²) >= 11 is 2.36. The molecular formula is C7H4F3NaSe. The van der Waals surface area contributed by atoms with Gasteiger partial charge in [0.2, 0.25) is 0 Å². The van der Waals surface area contributed by atoms with Gasteiger partial charge in [0, 0.05) is 0 Å². The Balaban J connectivity index is 0.00000121. The van der Waals surface area contributed by atoms with Crippen LogP contribution in [-0.2, 0) is 6.18 Å². The molecule has 0 aliphatic rings. The Bertz CT molecular complexity index is 259. The van der Waals surface area contributed by atoms with Gasteiger partial charge in [0.15, 0.2) is 0 Å². The fourth-order valence-corrected chi connectivity index (χ4v) is 1.25. The van der Waals surface area contributed by atoms with Gasteiger partial charge < -0.3 is 0 Å². The molecule has 5 heteroatoms. The van der Waals surface area contributed by atoms with Gasteiger partial charge in [-0.15, -0.1) is 0 Å². The molecular weight excluding hydrogens is 243 g/mol. The summed E-state index contributed by atoms with van der Waals surface area (Å²) < 4.78 is 36.2. The molecule has 0 heterocycles. The molecule has 0 N–H and O–H groups in total. The van der Waals surface area contributed by atoms with Crippen LogP contribution < -0.4 is 34.0 Å². The van der Waals surface area contributed by atoms with Gasteiger partial charge >= 0.3 is 99.2 Å². The van der Waals surface area contributed by atoms with Crippen LogP contribution in [0.2, 0.25) is 0 Å². The third-order valence-corrected chi connectivity index (χ3v) is 1.94. The van der Waals surface area contributed by atoms with Gasteiger partial charge in [0.25, 0.3) is 0 Å². The molecule has 1 rings (SSSR count). The Kier molecular flexibility index (Phi) is 4.88. The van der Waals surface area contributed by atoms with E-state index in [-0.39, 0.29) is 34.0 Å². The molecule has 1 aromatic carbocycles. The molecule has 0 nitrogen and oxygen atoms in total. The molecule has 0 bridgehead atoms. The number of rotatable bonds is 0. The summed E-state index contributed by atoms with van der Waals surface area (Å²) in [6, 6.07) is 5.36. The van der Waals surface area contributed by atoms with Crippen LogP contribution in [0.4, 0.5) is 13.2 Å². The zero-order valence-electron chi connectivity index (χ0n) is 6.35. The van der Waals surface area contributed by atoms with Gasteiger partial charge in [-0.1, -0.05) is 0 Å². The van der Waals surface area contributed by atoms with Crippen molar-refractivity contribution in [3.05, 3.63) is 29.8 Å². The third-order valence-electron chi connectivity index (χ3n) is 1.19. The summed E-state index contributed by atoms with van der Waals surface area (Å²) in [5.41, 5.74) is -0.611. The van der Waals surface area contributed by atoms with Crippen LogP contribution in [-0.4, -0.2) is 16.0 Å². The van der Waals surface area contributed by atoms with E-state index in [4.69, 9.17) is 0 Å². The second-order valence-electron chi connectivity index (χ2n) is 1.99. The Hall–Kier alpha value is 0.529. The van der Waals surface area contributed by atoms with Crippen molar-refractivity contribution in [3.8, 4) is 0 Å². The van der Waals surface area contributed by atoms with Gasteiger partial charge in [-0.05, 0) is 0 Å². The van der Waals surface area contributed by atoms with E-state index >= 15 is 0 Å². The molecule has 60 valence electrons. The van der Waals surface area contributed by atoms with E-state index in [1.54, 1.807) is 6.07 Å².